The van der Waals surface area contributed by atoms with E-state index in [0.717, 1.165) is 25.2 Å². The Hall–Kier alpha value is -2.65. The first kappa shape index (κ1) is 25.0. The zero-order valence-corrected chi connectivity index (χ0v) is 19.4. The fourth-order valence-electron chi connectivity index (χ4n) is 4.39. The molecule has 0 saturated carbocycles. The number of hydrogen-bond donors (Lipinski definition) is 3. The summed E-state index contributed by atoms with van der Waals surface area (Å²) in [6.45, 7) is 3.61. The molecule has 2 aliphatic rings. The second-order valence-electron chi connectivity index (χ2n) is 8.09. The highest BCUT2D eigenvalue weighted by Crippen LogP contribution is 2.24. The van der Waals surface area contributed by atoms with E-state index in [1.165, 1.54) is 18.2 Å². The molecule has 2 unspecified atom stereocenters. The van der Waals surface area contributed by atoms with E-state index in [4.69, 9.17) is 17.3 Å². The van der Waals surface area contributed by atoms with Gasteiger partial charge in [0, 0.05) is 43.8 Å². The van der Waals surface area contributed by atoms with E-state index in [1.807, 2.05) is 4.90 Å². The number of carbonyl (C=O) groups is 2. The van der Waals surface area contributed by atoms with E-state index >= 15 is 0 Å². The highest BCUT2D eigenvalue weighted by atomic mass is 35.5. The predicted octanol–water partition coefficient (Wildman–Crippen LogP) is 3.09. The highest BCUT2D eigenvalue weighted by Gasteiger charge is 2.39. The predicted molar refractivity (Wildman–Crippen MR) is 130 cm³/mol. The van der Waals surface area contributed by atoms with Crippen LogP contribution in [-0.4, -0.2) is 60.0 Å². The molecular weight excluding hydrogens is 468 g/mol. The Morgan fingerprint density at radius 3 is 2.45 bits per heavy atom. The Bertz CT molecular complexity index is 1020. The maximum Gasteiger partial charge on any atom is 0.316 e. The molecule has 2 bridgehead atoms. The van der Waals surface area contributed by atoms with Crippen molar-refractivity contribution < 1.29 is 14.0 Å². The van der Waals surface area contributed by atoms with Gasteiger partial charge in [0.1, 0.15) is 5.82 Å². The number of rotatable bonds is 5. The largest absolute Gasteiger partial charge is 0.351 e. The number of nitrogens with one attached hydrogen (secondary N) is 2. The molecule has 2 fully saturated rings. The summed E-state index contributed by atoms with van der Waals surface area (Å²) in [6.07, 6.45) is 3.19. The van der Waals surface area contributed by atoms with E-state index in [2.05, 4.69) is 15.5 Å². The number of amides is 3. The first-order chi connectivity index (χ1) is 15.4. The van der Waals surface area contributed by atoms with Crippen LogP contribution < -0.4 is 16.4 Å². The first-order valence-electron chi connectivity index (χ1n) is 10.4. The number of nitrogens with two attached hydrogens (primary N) is 1. The molecule has 2 saturated heterocycles. The minimum absolute atomic E-state index is 0. The summed E-state index contributed by atoms with van der Waals surface area (Å²) < 4.78 is 13.2. The van der Waals surface area contributed by atoms with E-state index in [9.17, 15) is 14.0 Å². The van der Waals surface area contributed by atoms with Crippen molar-refractivity contribution in [2.75, 3.05) is 31.5 Å². The first-order valence-corrected chi connectivity index (χ1v) is 10.8. The number of halogens is 3. The van der Waals surface area contributed by atoms with Crippen molar-refractivity contribution >= 4 is 47.7 Å². The lowest BCUT2D eigenvalue weighted by atomic mass is 10.0. The number of urea groups is 1. The molecule has 33 heavy (non-hydrogen) atoms. The summed E-state index contributed by atoms with van der Waals surface area (Å²) in [5, 5.41) is 6.39. The molecule has 7 nitrogen and oxygen atoms in total. The Kier molecular flexibility index (Phi) is 8.31. The number of anilines is 1. The van der Waals surface area contributed by atoms with Crippen molar-refractivity contribution in [2.24, 2.45) is 5.73 Å². The molecule has 2 heterocycles. The molecule has 0 aliphatic carbocycles. The summed E-state index contributed by atoms with van der Waals surface area (Å²) in [5.74, 6) is -0.324. The lowest BCUT2D eigenvalue weighted by Crippen LogP contribution is -2.68. The third-order valence-electron chi connectivity index (χ3n) is 5.74. The normalized spacial score (nSPS) is 20.4. The minimum atomic E-state index is -0.703. The Labute approximate surface area is 203 Å². The van der Waals surface area contributed by atoms with Crippen molar-refractivity contribution in [1.82, 2.24) is 15.1 Å². The molecule has 0 spiro atoms. The molecule has 4 N–H and O–H groups in total. The smallest absolute Gasteiger partial charge is 0.316 e. The molecular formula is C23H26Cl2FN5O2. The van der Waals surface area contributed by atoms with Crippen molar-refractivity contribution in [2.45, 2.75) is 18.6 Å². The second kappa shape index (κ2) is 11.0. The molecule has 176 valence electrons. The van der Waals surface area contributed by atoms with E-state index in [-0.39, 0.29) is 36.2 Å². The number of benzene rings is 2. The monoisotopic (exact) mass is 493 g/mol. The molecule has 4 rings (SSSR count). The Morgan fingerprint density at radius 2 is 1.82 bits per heavy atom. The lowest BCUT2D eigenvalue weighted by Gasteiger charge is -2.50. The Morgan fingerprint density at radius 1 is 1.15 bits per heavy atom. The Balaban J connectivity index is 0.00000306. The van der Waals surface area contributed by atoms with Gasteiger partial charge in [-0.05, 0) is 41.5 Å². The summed E-state index contributed by atoms with van der Waals surface area (Å²) >= 11 is 6.01. The van der Waals surface area contributed by atoms with Crippen molar-refractivity contribution in [3.8, 4) is 0 Å². The maximum atomic E-state index is 13.2. The number of fused-ring (bicyclic) bond motifs is 2. The van der Waals surface area contributed by atoms with E-state index in [1.54, 1.807) is 36.4 Å². The van der Waals surface area contributed by atoms with Crippen LogP contribution in [-0.2, 0) is 11.3 Å². The molecule has 0 radical (unpaired) electrons. The van der Waals surface area contributed by atoms with Crippen LogP contribution in [0.5, 0.6) is 0 Å². The van der Waals surface area contributed by atoms with Gasteiger partial charge in [-0.25, -0.2) is 9.18 Å². The van der Waals surface area contributed by atoms with Crippen molar-refractivity contribution in [1.29, 1.82) is 0 Å². The maximum absolute atomic E-state index is 13.2. The van der Waals surface area contributed by atoms with Crippen LogP contribution >= 0.6 is 24.0 Å². The van der Waals surface area contributed by atoms with Crippen LogP contribution in [0.25, 0.3) is 6.08 Å². The summed E-state index contributed by atoms with van der Waals surface area (Å²) in [6, 6.07) is 10.9. The number of carbonyl (C=O) groups excluding carboxylic acids is 2. The molecule has 2 aliphatic heterocycles. The van der Waals surface area contributed by atoms with Crippen LogP contribution in [0.2, 0.25) is 5.02 Å². The summed E-state index contributed by atoms with van der Waals surface area (Å²) in [4.78, 5) is 28.6. The SMILES string of the molecule is Cl.NC(=O)Nc1cc(Cl)ccc1/C=C/C(=O)N1C2CNCC1CN(Cc1ccc(F)cc1)C2. The van der Waals surface area contributed by atoms with Crippen molar-refractivity contribution in [3.05, 3.63) is 70.5 Å². The summed E-state index contributed by atoms with van der Waals surface area (Å²) in [7, 11) is 0. The number of nitrogens with zero attached hydrogens (tertiary/aromatic N) is 2. The van der Waals surface area contributed by atoms with Gasteiger partial charge in [0.25, 0.3) is 0 Å². The van der Waals surface area contributed by atoms with Gasteiger partial charge >= 0.3 is 6.03 Å². The third-order valence-corrected chi connectivity index (χ3v) is 5.97. The second-order valence-corrected chi connectivity index (χ2v) is 8.52. The molecule has 3 amide bonds. The molecule has 2 aromatic rings. The van der Waals surface area contributed by atoms with Gasteiger partial charge < -0.3 is 21.3 Å². The van der Waals surface area contributed by atoms with E-state index < -0.39 is 6.03 Å². The molecule has 10 heteroatoms. The number of piperazine rings is 2. The van der Waals surface area contributed by atoms with E-state index in [0.29, 0.717) is 29.4 Å². The zero-order valence-electron chi connectivity index (χ0n) is 17.8. The van der Waals surface area contributed by atoms with Crippen LogP contribution in [0.4, 0.5) is 14.9 Å². The average molecular weight is 494 g/mol. The van der Waals surface area contributed by atoms with Gasteiger partial charge in [0.15, 0.2) is 0 Å². The van der Waals surface area contributed by atoms with Crippen molar-refractivity contribution in [3.63, 3.8) is 0 Å². The highest BCUT2D eigenvalue weighted by molar-refractivity contribution is 6.31. The van der Waals surface area contributed by atoms with Gasteiger partial charge in [0.05, 0.1) is 17.8 Å². The fraction of sp³-hybridized carbons (Fsp3) is 0.304. The van der Waals surface area contributed by atoms with Crippen LogP contribution in [0.1, 0.15) is 11.1 Å². The third kappa shape index (κ3) is 6.23. The lowest BCUT2D eigenvalue weighted by molar-refractivity contribution is -0.136. The van der Waals surface area contributed by atoms with Crippen LogP contribution in [0.15, 0.2) is 48.5 Å². The van der Waals surface area contributed by atoms with Gasteiger partial charge in [0.2, 0.25) is 5.91 Å². The van der Waals surface area contributed by atoms with Gasteiger partial charge in [-0.15, -0.1) is 12.4 Å². The molecule has 0 aromatic heterocycles. The van der Waals surface area contributed by atoms with Gasteiger partial charge in [-0.3, -0.25) is 9.69 Å². The fourth-order valence-corrected chi connectivity index (χ4v) is 4.56. The average Bonchev–Trinajstić information content (AvgIpc) is 2.73. The van der Waals surface area contributed by atoms with Crippen LogP contribution in [0.3, 0.4) is 0 Å². The zero-order chi connectivity index (χ0) is 22.7. The minimum Gasteiger partial charge on any atom is -0.351 e. The number of primary amides is 1. The number of hydrogen-bond acceptors (Lipinski definition) is 4. The van der Waals surface area contributed by atoms with Gasteiger partial charge in [-0.2, -0.15) is 0 Å². The molecule has 2 aromatic carbocycles. The van der Waals surface area contributed by atoms with Gasteiger partial charge in [-0.1, -0.05) is 29.8 Å². The molecule has 2 atom stereocenters. The topological polar surface area (TPSA) is 90.7 Å². The van der Waals surface area contributed by atoms with Crippen LogP contribution in [0, 0.1) is 5.82 Å². The standard InChI is InChI=1S/C23H25ClFN5O2.ClH/c24-17-5-3-16(21(9-17)28-23(26)32)4-8-22(31)30-19-10-27-11-20(30)14-29(13-19)12-15-1-6-18(25)7-2-15;/h1-9,19-20,27H,10-14H2,(H3,26,28,32);1H/b8-4+;. The summed E-state index contributed by atoms with van der Waals surface area (Å²) in [5.41, 5.74) is 7.36. The quantitative estimate of drug-likeness (QED) is 0.558.